The van der Waals surface area contributed by atoms with Gasteiger partial charge >= 0.3 is 0 Å². The van der Waals surface area contributed by atoms with E-state index in [1.807, 2.05) is 29.2 Å². The Morgan fingerprint density at radius 2 is 0.719 bits per heavy atom. The average Bonchev–Trinajstić information content (AvgIpc) is 1.64. The van der Waals surface area contributed by atoms with Crippen molar-refractivity contribution >= 4 is 195 Å². The number of carbonyl (C=O) groups is 1. The Bertz CT molecular complexity index is 6710. The number of nitrogens with zero attached hydrogens (tertiary/aromatic N) is 2. The normalized spacial score (nSPS) is 19.1. The second-order valence-corrected chi connectivity index (χ2v) is 45.9. The first-order chi connectivity index (χ1) is 71.3. The zero-order valence-corrected chi connectivity index (χ0v) is 95.5. The van der Waals surface area contributed by atoms with Crippen molar-refractivity contribution in [3.05, 3.63) is 319 Å². The van der Waals surface area contributed by atoms with E-state index in [0.717, 1.165) is 173 Å². The second kappa shape index (κ2) is 54.4. The number of aromatic hydroxyl groups is 1. The first-order valence-corrected chi connectivity index (χ1v) is 59.3. The molecule has 0 spiro atoms. The monoisotopic (exact) mass is 2460 g/mol. The third kappa shape index (κ3) is 29.3. The van der Waals surface area contributed by atoms with Gasteiger partial charge in [0, 0.05) is 197 Å². The number of amides is 1. The number of hydrogen-bond donors (Lipinski definition) is 9. The molecular weight excluding hydrogens is 2330 g/mol. The molecule has 146 heavy (non-hydrogen) atoms. The predicted octanol–water partition coefficient (Wildman–Crippen LogP) is 29.7. The number of aliphatic hydroxyl groups is 2. The number of aromatic nitrogens is 5. The number of aryl methyl sites for hydroxylation is 5. The van der Waals surface area contributed by atoms with Gasteiger partial charge in [0.25, 0.3) is 0 Å². The number of halogens is 9. The van der Waals surface area contributed by atoms with Crippen LogP contribution in [0.4, 0.5) is 0 Å². The molecule has 24 rings (SSSR count). The standard InChI is InChI=1S/C27H32BrN3O2.C21H21BrClNO.C21H22BrNO3.C21H20BrNO2.C18H16BrNO.C5H11N.C3H6BrCl.C3H5BrO/c1-19(32)31-15-13-30(14-16-31)12-3-17-33-22-9-6-20(7-10-22)23-4-2-5-24-25-18-21(28)8-11-26(25)29-27(23)24;22-15-7-10-20-19(13-15)18-4-1-3-17(21(18)24-20)14-5-8-16(9-6-14)25-12-2-11-23;22-14-6-9-20-19(10-14)18-3-1-2-17(21(18)23-20)13-4-7-16(8-5-13)26-12-15(25)11-24;22-14-6-9-20-19(10-14)18-3-1-2-17(21(18)23-20)13-4-7-15(8-5-13)24-11-16-12-25-16;19-12-6-9-17-16(10-12)15-3-1-2-14(18(15)20-17)11-4-7-13(21)8-5-11;1-2-4-6-5-3-1;4-2-1-3-5;4-1-3-2-5-3/h6-11,18,23,29H,2-5,12-17H2,1H3;5-10,13,17,24H,1-4,11-12H2;4-10,15,17,23-25H,1-3,11-12H2;4-10,16-17,23H,1-3,11-12H2;4-10,14,20-21H,1-3H2;6H,1-5H2;1-3H2;3H,1-2H2. The number of aromatic amines is 5. The van der Waals surface area contributed by atoms with Gasteiger partial charge in [-0.25, -0.2) is 0 Å². The van der Waals surface area contributed by atoms with Crippen molar-refractivity contribution in [3.8, 4) is 28.7 Å². The molecule has 5 aromatic heterocycles. The molecule has 9 aliphatic rings. The Morgan fingerprint density at radius 3 is 0.986 bits per heavy atom. The number of fused-ring (bicyclic) bond motifs is 15. The van der Waals surface area contributed by atoms with E-state index in [1.54, 1.807) is 19.1 Å². The van der Waals surface area contributed by atoms with Crippen LogP contribution in [0.15, 0.2) is 235 Å². The fourth-order valence-electron chi connectivity index (χ4n) is 21.4. The summed E-state index contributed by atoms with van der Waals surface area (Å²) in [4.78, 5) is 34.1. The number of H-pyrrole nitrogens is 5. The highest BCUT2D eigenvalue weighted by molar-refractivity contribution is 9.11. The van der Waals surface area contributed by atoms with Crippen LogP contribution in [0.3, 0.4) is 0 Å². The first-order valence-electron chi connectivity index (χ1n) is 52.0. The summed E-state index contributed by atoms with van der Waals surface area (Å²) in [5.41, 5.74) is 26.9. The van der Waals surface area contributed by atoms with E-state index in [-0.39, 0.29) is 19.1 Å². The highest BCUT2D eigenvalue weighted by atomic mass is 79.9. The van der Waals surface area contributed by atoms with Crippen molar-refractivity contribution in [1.82, 2.24) is 40.0 Å². The lowest BCUT2D eigenvalue weighted by Gasteiger charge is -2.34. The molecule has 9 N–H and O–H groups in total. The van der Waals surface area contributed by atoms with Crippen LogP contribution in [0.2, 0.25) is 0 Å². The van der Waals surface area contributed by atoms with Gasteiger partial charge in [-0.3, -0.25) is 9.69 Å². The van der Waals surface area contributed by atoms with Gasteiger partial charge in [0.1, 0.15) is 54.2 Å². The zero-order chi connectivity index (χ0) is 101. The summed E-state index contributed by atoms with van der Waals surface area (Å²) in [6.07, 6.45) is 24.8. The quantitative estimate of drug-likeness (QED) is 0.0156. The van der Waals surface area contributed by atoms with Gasteiger partial charge in [-0.15, -0.1) is 23.2 Å². The molecule has 9 heterocycles. The summed E-state index contributed by atoms with van der Waals surface area (Å²) in [7, 11) is 0. The van der Waals surface area contributed by atoms with Gasteiger partial charge in [0.15, 0.2) is 0 Å². The van der Waals surface area contributed by atoms with Crippen molar-refractivity contribution in [2.75, 3.05) is 114 Å². The number of benzene rings is 10. The van der Waals surface area contributed by atoms with Gasteiger partial charge in [-0.1, -0.05) is 179 Å². The minimum Gasteiger partial charge on any atom is -0.508 e. The minimum absolute atomic E-state index is 0.0975. The number of carbonyl (C=O) groups excluding carboxylic acids is 1. The number of ether oxygens (including phenoxy) is 6. The number of phenols is 1. The summed E-state index contributed by atoms with van der Waals surface area (Å²) in [5, 5.41) is 39.8. The number of piperidine rings is 1. The van der Waals surface area contributed by atoms with Crippen LogP contribution in [-0.2, 0) is 46.4 Å². The van der Waals surface area contributed by atoms with E-state index in [9.17, 15) is 15.0 Å². The molecule has 27 heteroatoms. The number of epoxide rings is 2. The van der Waals surface area contributed by atoms with Crippen LogP contribution in [0.5, 0.6) is 28.7 Å². The lowest BCUT2D eigenvalue weighted by Crippen LogP contribution is -2.48. The molecule has 10 aromatic carbocycles. The Morgan fingerprint density at radius 1 is 0.404 bits per heavy atom. The molecule has 4 saturated heterocycles. The number of piperazine rings is 1. The number of alkyl halides is 4. The van der Waals surface area contributed by atoms with E-state index in [2.05, 4.69) is 323 Å². The molecule has 4 fully saturated rings. The molecule has 15 aromatic rings. The Balaban J connectivity index is 0.000000120. The highest BCUT2D eigenvalue weighted by Gasteiger charge is 2.33. The molecule has 0 radical (unpaired) electrons. The van der Waals surface area contributed by atoms with Crippen LogP contribution >= 0.6 is 135 Å². The van der Waals surface area contributed by atoms with Gasteiger partial charge < -0.3 is 78.9 Å². The fraction of sp³-hybridized carbons (Fsp3) is 0.403. The van der Waals surface area contributed by atoms with Crippen molar-refractivity contribution in [2.24, 2.45) is 0 Å². The number of hydrogen-bond acceptors (Lipinski definition) is 12. The molecule has 5 aliphatic carbocycles. The predicted molar refractivity (Wildman–Crippen MR) is 621 cm³/mol. The summed E-state index contributed by atoms with van der Waals surface area (Å²) >= 11 is 35.4. The fourth-order valence-corrected chi connectivity index (χ4v) is 24.4. The lowest BCUT2D eigenvalue weighted by molar-refractivity contribution is -0.130. The molecule has 4 aliphatic heterocycles. The van der Waals surface area contributed by atoms with Crippen LogP contribution in [-0.4, -0.2) is 189 Å². The van der Waals surface area contributed by atoms with Gasteiger partial charge in [-0.05, 0) is 349 Å². The van der Waals surface area contributed by atoms with Crippen LogP contribution in [0.1, 0.15) is 223 Å². The van der Waals surface area contributed by atoms with Crippen LogP contribution in [0.25, 0.3) is 54.5 Å². The molecule has 0 saturated carbocycles. The van der Waals surface area contributed by atoms with Crippen molar-refractivity contribution in [2.45, 2.75) is 190 Å². The van der Waals surface area contributed by atoms with Gasteiger partial charge in [-0.2, -0.15) is 0 Å². The summed E-state index contributed by atoms with van der Waals surface area (Å²) in [5.74, 6) is 7.48. The molecule has 1 amide bonds. The van der Waals surface area contributed by atoms with Crippen molar-refractivity contribution in [1.29, 1.82) is 0 Å². The number of aliphatic hydroxyl groups excluding tert-OH is 2. The summed E-state index contributed by atoms with van der Waals surface area (Å²) < 4.78 is 38.7. The van der Waals surface area contributed by atoms with E-state index in [1.165, 1.54) is 222 Å². The topological polar surface area (TPSA) is 237 Å². The maximum Gasteiger partial charge on any atom is 0.219 e. The van der Waals surface area contributed by atoms with Crippen molar-refractivity contribution < 1.29 is 48.5 Å². The van der Waals surface area contributed by atoms with E-state index in [0.29, 0.717) is 72.4 Å². The van der Waals surface area contributed by atoms with E-state index >= 15 is 0 Å². The smallest absolute Gasteiger partial charge is 0.219 e. The molecule has 0 bridgehead atoms. The molecular formula is C119H133Br7Cl2N8O10. The van der Waals surface area contributed by atoms with Gasteiger partial charge in [0.05, 0.1) is 39.1 Å². The average molecular weight is 2470 g/mol. The number of phenolic OH excluding ortho intramolecular Hbond substituents is 1. The van der Waals surface area contributed by atoms with E-state index in [4.69, 9.17) is 56.7 Å². The Hall–Kier alpha value is -7.93. The summed E-state index contributed by atoms with van der Waals surface area (Å²) in [6, 6.07) is 74.0. The molecule has 772 valence electrons. The van der Waals surface area contributed by atoms with Gasteiger partial charge in [0.2, 0.25) is 5.91 Å². The molecule has 8 atom stereocenters. The minimum atomic E-state index is -0.846. The zero-order valence-electron chi connectivity index (χ0n) is 82.9. The largest absolute Gasteiger partial charge is 0.508 e. The van der Waals surface area contributed by atoms with Crippen LogP contribution in [0, 0.1) is 0 Å². The summed E-state index contributed by atoms with van der Waals surface area (Å²) in [6.45, 7) is 12.4. The Kier molecular flexibility index (Phi) is 40.7. The number of rotatable bonds is 24. The lowest BCUT2D eigenvalue weighted by atomic mass is 9.82. The second-order valence-electron chi connectivity index (χ2n) is 39.1. The third-order valence-electron chi connectivity index (χ3n) is 29.1. The first kappa shape index (κ1) is 109. The number of nitrogens with one attached hydrogen (secondary N) is 6. The highest BCUT2D eigenvalue weighted by Crippen LogP contribution is 2.48. The maximum atomic E-state index is 11.4. The molecule has 8 unspecified atom stereocenters. The molecule has 18 nitrogen and oxygen atoms in total. The van der Waals surface area contributed by atoms with Crippen molar-refractivity contribution in [3.63, 3.8) is 0 Å². The Labute approximate surface area is 926 Å². The third-order valence-corrected chi connectivity index (χ3v) is 33.3. The SMILES string of the molecule is BrCC1CO1.Brc1ccc2[nH]c3c(c2c1)CCCC3c1ccc(OCC2CO2)cc1.C1CCNCC1.CC(=O)N1CCN(CCCOc2ccc(C3CCCc4c3[nH]c3ccc(Br)cc43)cc2)CC1.ClCCCBr.ClCCCOc1ccc(C2CCCc3c2[nH]c2ccc(Br)cc32)cc1.OCC(O)COc1ccc(C2CCCc3c2[nH]c2ccc(Br)cc32)cc1.Oc1ccc(C2CCCc3c2[nH]c2ccc(Br)cc32)cc1. The van der Waals surface area contributed by atoms with E-state index < -0.39 is 6.10 Å². The maximum absolute atomic E-state index is 11.4. The van der Waals surface area contributed by atoms with Crippen LogP contribution < -0.4 is 24.3 Å².